The molecule has 6 heteroatoms. The van der Waals surface area contributed by atoms with Crippen LogP contribution in [0.3, 0.4) is 0 Å². The number of carbonyl (C=O) groups excluding carboxylic acids is 2. The molecule has 5 rings (SSSR count). The zero-order valence-electron chi connectivity index (χ0n) is 16.7. The molecule has 1 amide bonds. The number of para-hydroxylation sites is 2. The van der Waals surface area contributed by atoms with Crippen LogP contribution >= 0.6 is 0 Å². The van der Waals surface area contributed by atoms with E-state index in [0.717, 1.165) is 54.5 Å². The maximum atomic E-state index is 13.0. The molecule has 3 heterocycles. The molecule has 0 N–H and O–H groups in total. The smallest absolute Gasteiger partial charge is 0.342 e. The molecule has 30 heavy (non-hydrogen) atoms. The standard InChI is InChI=1S/C24H23N3O3/c28-22(27-14-11-17-7-2-4-10-21(17)27)16-30-24(29)19-15-18-8-1-3-9-20(18)25-23(19)26-12-5-6-13-26/h1-4,7-10,15H,5-6,11-14,16H2. The van der Waals surface area contributed by atoms with Crippen LogP contribution in [0.5, 0.6) is 0 Å². The van der Waals surface area contributed by atoms with Crippen molar-refractivity contribution in [3.63, 3.8) is 0 Å². The first-order valence-electron chi connectivity index (χ1n) is 10.4. The number of ether oxygens (including phenoxy) is 1. The zero-order chi connectivity index (χ0) is 20.5. The first-order valence-corrected chi connectivity index (χ1v) is 10.4. The summed E-state index contributed by atoms with van der Waals surface area (Å²) in [6.07, 6.45) is 2.98. The molecule has 0 spiro atoms. The highest BCUT2D eigenvalue weighted by Crippen LogP contribution is 2.29. The van der Waals surface area contributed by atoms with Crippen molar-refractivity contribution >= 4 is 34.3 Å². The summed E-state index contributed by atoms with van der Waals surface area (Å²) >= 11 is 0. The molecular formula is C24H23N3O3. The number of rotatable bonds is 4. The van der Waals surface area contributed by atoms with Gasteiger partial charge in [-0.1, -0.05) is 36.4 Å². The molecule has 0 bridgehead atoms. The third kappa shape index (κ3) is 3.38. The van der Waals surface area contributed by atoms with E-state index in [9.17, 15) is 9.59 Å². The van der Waals surface area contributed by atoms with Gasteiger partial charge >= 0.3 is 5.97 Å². The van der Waals surface area contributed by atoms with Crippen LogP contribution < -0.4 is 9.80 Å². The molecule has 3 aromatic rings. The van der Waals surface area contributed by atoms with E-state index in [-0.39, 0.29) is 12.5 Å². The van der Waals surface area contributed by atoms with Gasteiger partial charge in [-0.15, -0.1) is 0 Å². The van der Waals surface area contributed by atoms with Gasteiger partial charge in [-0.2, -0.15) is 0 Å². The third-order valence-electron chi connectivity index (χ3n) is 5.84. The monoisotopic (exact) mass is 401 g/mol. The van der Waals surface area contributed by atoms with Gasteiger partial charge in [-0.05, 0) is 43.0 Å². The fourth-order valence-corrected chi connectivity index (χ4v) is 4.31. The van der Waals surface area contributed by atoms with E-state index in [0.29, 0.717) is 17.9 Å². The first-order chi connectivity index (χ1) is 14.7. The summed E-state index contributed by atoms with van der Waals surface area (Å²) in [7, 11) is 0. The van der Waals surface area contributed by atoms with Crippen LogP contribution in [0.25, 0.3) is 10.9 Å². The van der Waals surface area contributed by atoms with E-state index >= 15 is 0 Å². The summed E-state index contributed by atoms with van der Waals surface area (Å²) in [6.45, 7) is 2.08. The molecule has 2 aliphatic heterocycles. The number of nitrogens with zero attached hydrogens (tertiary/aromatic N) is 3. The maximum absolute atomic E-state index is 13.0. The van der Waals surface area contributed by atoms with E-state index in [4.69, 9.17) is 9.72 Å². The van der Waals surface area contributed by atoms with E-state index in [1.165, 1.54) is 0 Å². The molecule has 0 radical (unpaired) electrons. The second kappa shape index (κ2) is 7.78. The largest absolute Gasteiger partial charge is 0.452 e. The lowest BCUT2D eigenvalue weighted by Crippen LogP contribution is -2.33. The van der Waals surface area contributed by atoms with Gasteiger partial charge in [0.15, 0.2) is 6.61 Å². The second-order valence-corrected chi connectivity index (χ2v) is 7.75. The van der Waals surface area contributed by atoms with Gasteiger partial charge in [-0.3, -0.25) is 4.79 Å². The Morgan fingerprint density at radius 1 is 0.967 bits per heavy atom. The van der Waals surface area contributed by atoms with Crippen molar-refractivity contribution in [2.24, 2.45) is 0 Å². The highest BCUT2D eigenvalue weighted by atomic mass is 16.5. The molecule has 6 nitrogen and oxygen atoms in total. The van der Waals surface area contributed by atoms with Gasteiger partial charge in [0.1, 0.15) is 11.4 Å². The van der Waals surface area contributed by atoms with Gasteiger partial charge in [0, 0.05) is 30.7 Å². The summed E-state index contributed by atoms with van der Waals surface area (Å²) < 4.78 is 5.47. The number of fused-ring (bicyclic) bond motifs is 2. The number of hydrogen-bond acceptors (Lipinski definition) is 5. The van der Waals surface area contributed by atoms with Gasteiger partial charge in [0.25, 0.3) is 5.91 Å². The molecule has 0 unspecified atom stereocenters. The number of hydrogen-bond donors (Lipinski definition) is 0. The average molecular weight is 401 g/mol. The van der Waals surface area contributed by atoms with E-state index in [2.05, 4.69) is 4.90 Å². The number of benzene rings is 2. The number of pyridine rings is 1. The van der Waals surface area contributed by atoms with Crippen LogP contribution in [0.2, 0.25) is 0 Å². The summed E-state index contributed by atoms with van der Waals surface area (Å²) in [5, 5.41) is 0.882. The molecular weight excluding hydrogens is 378 g/mol. The van der Waals surface area contributed by atoms with Crippen molar-refractivity contribution in [3.05, 3.63) is 65.7 Å². The Hall–Kier alpha value is -3.41. The van der Waals surface area contributed by atoms with Crippen molar-refractivity contribution in [1.82, 2.24) is 4.98 Å². The summed E-state index contributed by atoms with van der Waals surface area (Å²) in [5.74, 6) is -0.0593. The lowest BCUT2D eigenvalue weighted by atomic mass is 10.1. The molecule has 152 valence electrons. The predicted molar refractivity (Wildman–Crippen MR) is 116 cm³/mol. The number of anilines is 2. The van der Waals surface area contributed by atoms with Gasteiger partial charge in [-0.25, -0.2) is 9.78 Å². The minimum atomic E-state index is -0.504. The van der Waals surface area contributed by atoms with Crippen molar-refractivity contribution in [3.8, 4) is 0 Å². The van der Waals surface area contributed by atoms with Gasteiger partial charge in [0.05, 0.1) is 5.52 Å². The summed E-state index contributed by atoms with van der Waals surface area (Å²) in [6, 6.07) is 17.4. The minimum Gasteiger partial charge on any atom is -0.452 e. The Labute approximate surface area is 175 Å². The van der Waals surface area contributed by atoms with Crippen molar-refractivity contribution in [1.29, 1.82) is 0 Å². The molecule has 0 aliphatic carbocycles. The van der Waals surface area contributed by atoms with Gasteiger partial charge < -0.3 is 14.5 Å². The molecule has 1 saturated heterocycles. The lowest BCUT2D eigenvalue weighted by Gasteiger charge is -2.21. The molecule has 1 aromatic heterocycles. The molecule has 2 aliphatic rings. The van der Waals surface area contributed by atoms with E-state index < -0.39 is 5.97 Å². The number of aromatic nitrogens is 1. The van der Waals surface area contributed by atoms with Crippen molar-refractivity contribution in [2.45, 2.75) is 19.3 Å². The Bertz CT molecular complexity index is 1120. The topological polar surface area (TPSA) is 62.7 Å². The van der Waals surface area contributed by atoms with Crippen LogP contribution in [0.1, 0.15) is 28.8 Å². The highest BCUT2D eigenvalue weighted by Gasteiger charge is 2.27. The SMILES string of the molecule is O=C(OCC(=O)N1CCc2ccccc21)c1cc2ccccc2nc1N1CCCC1. The zero-order valence-corrected chi connectivity index (χ0v) is 16.7. The number of carbonyl (C=O) groups is 2. The molecule has 0 saturated carbocycles. The van der Waals surface area contributed by atoms with Crippen LogP contribution in [0.4, 0.5) is 11.5 Å². The minimum absolute atomic E-state index is 0.204. The normalized spacial score (nSPS) is 15.5. The lowest BCUT2D eigenvalue weighted by molar-refractivity contribution is -0.121. The van der Waals surface area contributed by atoms with Crippen LogP contribution in [0.15, 0.2) is 54.6 Å². The Balaban J connectivity index is 1.37. The fourth-order valence-electron chi connectivity index (χ4n) is 4.31. The molecule has 1 fully saturated rings. The molecule has 0 atom stereocenters. The van der Waals surface area contributed by atoms with Gasteiger partial charge in [0.2, 0.25) is 0 Å². The predicted octanol–water partition coefficient (Wildman–Crippen LogP) is 3.58. The van der Waals surface area contributed by atoms with Crippen LogP contribution in [-0.4, -0.2) is 43.1 Å². The molecule has 2 aromatic carbocycles. The van der Waals surface area contributed by atoms with Crippen molar-refractivity contribution in [2.75, 3.05) is 36.0 Å². The number of esters is 1. The Kier molecular flexibility index (Phi) is 4.83. The van der Waals surface area contributed by atoms with Crippen molar-refractivity contribution < 1.29 is 14.3 Å². The first kappa shape index (κ1) is 18.6. The third-order valence-corrected chi connectivity index (χ3v) is 5.84. The van der Waals surface area contributed by atoms with Crippen LogP contribution in [0, 0.1) is 0 Å². The maximum Gasteiger partial charge on any atom is 0.342 e. The van der Waals surface area contributed by atoms with Crippen LogP contribution in [-0.2, 0) is 16.0 Å². The Morgan fingerprint density at radius 2 is 1.73 bits per heavy atom. The second-order valence-electron chi connectivity index (χ2n) is 7.75. The van der Waals surface area contributed by atoms with E-state index in [1.807, 2.05) is 54.6 Å². The summed E-state index contributed by atoms with van der Waals surface area (Å²) in [4.78, 5) is 34.3. The fraction of sp³-hybridized carbons (Fsp3) is 0.292. The van der Waals surface area contributed by atoms with E-state index in [1.54, 1.807) is 4.90 Å². The quantitative estimate of drug-likeness (QED) is 0.626. The summed E-state index contributed by atoms with van der Waals surface area (Å²) in [5.41, 5.74) is 3.32. The average Bonchev–Trinajstić information content (AvgIpc) is 3.46. The Morgan fingerprint density at radius 3 is 2.60 bits per heavy atom. The number of amides is 1. The highest BCUT2D eigenvalue weighted by molar-refractivity contribution is 6.02.